The summed E-state index contributed by atoms with van der Waals surface area (Å²) in [5, 5.41) is 19.9. The molecule has 0 saturated carbocycles. The standard InChI is InChI=1S/C17H22N4O3/c1-3-4-10-14(17(23)24)18-16(22)11-15-12(2)21(20-19-15)13-8-6-5-7-9-13/h5-9,14H,3-4,10-11H2,1-2H3,(H,18,22)(H,23,24). The monoisotopic (exact) mass is 330 g/mol. The Kier molecular flexibility index (Phi) is 6.06. The third-order valence-corrected chi connectivity index (χ3v) is 3.80. The summed E-state index contributed by atoms with van der Waals surface area (Å²) in [5.41, 5.74) is 2.16. The van der Waals surface area contributed by atoms with Crippen LogP contribution < -0.4 is 5.32 Å². The first-order valence-corrected chi connectivity index (χ1v) is 8.01. The molecule has 1 unspecified atom stereocenters. The molecule has 2 rings (SSSR count). The summed E-state index contributed by atoms with van der Waals surface area (Å²) in [6, 6.07) is 8.64. The molecule has 1 amide bonds. The van der Waals surface area contributed by atoms with Gasteiger partial charge in [-0.15, -0.1) is 5.10 Å². The fraction of sp³-hybridized carbons (Fsp3) is 0.412. The van der Waals surface area contributed by atoms with Gasteiger partial charge in [-0.1, -0.05) is 43.2 Å². The molecule has 1 aromatic heterocycles. The molecular weight excluding hydrogens is 308 g/mol. The van der Waals surface area contributed by atoms with E-state index in [1.165, 1.54) is 0 Å². The van der Waals surface area contributed by atoms with Crippen molar-refractivity contribution in [3.8, 4) is 5.69 Å². The third kappa shape index (κ3) is 4.41. The van der Waals surface area contributed by atoms with Gasteiger partial charge in [0, 0.05) is 0 Å². The lowest BCUT2D eigenvalue weighted by atomic mass is 10.1. The number of nitrogens with one attached hydrogen (secondary N) is 1. The maximum Gasteiger partial charge on any atom is 0.326 e. The fourth-order valence-corrected chi connectivity index (χ4v) is 2.40. The van der Waals surface area contributed by atoms with Crippen molar-refractivity contribution in [3.05, 3.63) is 41.7 Å². The van der Waals surface area contributed by atoms with E-state index < -0.39 is 12.0 Å². The zero-order chi connectivity index (χ0) is 17.5. The van der Waals surface area contributed by atoms with Crippen LogP contribution in [0.1, 0.15) is 37.6 Å². The summed E-state index contributed by atoms with van der Waals surface area (Å²) in [4.78, 5) is 23.3. The maximum atomic E-state index is 12.1. The normalized spacial score (nSPS) is 11.9. The smallest absolute Gasteiger partial charge is 0.326 e. The Bertz CT molecular complexity index is 697. The van der Waals surface area contributed by atoms with E-state index in [2.05, 4.69) is 15.6 Å². The van der Waals surface area contributed by atoms with Crippen molar-refractivity contribution in [1.29, 1.82) is 0 Å². The van der Waals surface area contributed by atoms with Gasteiger partial charge in [0.1, 0.15) is 6.04 Å². The van der Waals surface area contributed by atoms with Gasteiger partial charge in [0.05, 0.1) is 23.5 Å². The van der Waals surface area contributed by atoms with E-state index >= 15 is 0 Å². The number of aliphatic carboxylic acids is 1. The topological polar surface area (TPSA) is 97.1 Å². The Hall–Kier alpha value is -2.70. The molecule has 0 aliphatic rings. The van der Waals surface area contributed by atoms with E-state index in [1.54, 1.807) is 4.68 Å². The summed E-state index contributed by atoms with van der Waals surface area (Å²) >= 11 is 0. The van der Waals surface area contributed by atoms with Crippen LogP contribution in [0.15, 0.2) is 30.3 Å². The minimum atomic E-state index is -1.01. The van der Waals surface area contributed by atoms with Gasteiger partial charge >= 0.3 is 5.97 Å². The van der Waals surface area contributed by atoms with Crippen LogP contribution in [0.25, 0.3) is 5.69 Å². The second-order valence-electron chi connectivity index (χ2n) is 5.65. The molecule has 2 N–H and O–H groups in total. The number of rotatable bonds is 8. The number of carboxylic acid groups (broad SMARTS) is 1. The van der Waals surface area contributed by atoms with E-state index in [-0.39, 0.29) is 12.3 Å². The Labute approximate surface area is 140 Å². The Balaban J connectivity index is 2.04. The van der Waals surface area contributed by atoms with Crippen LogP contribution in [0.5, 0.6) is 0 Å². The molecule has 1 aromatic carbocycles. The van der Waals surface area contributed by atoms with Gasteiger partial charge in [-0.05, 0) is 25.5 Å². The quantitative estimate of drug-likeness (QED) is 0.770. The van der Waals surface area contributed by atoms with E-state index in [0.29, 0.717) is 12.1 Å². The predicted molar refractivity (Wildman–Crippen MR) is 88.9 cm³/mol. The molecule has 7 heteroatoms. The van der Waals surface area contributed by atoms with Crippen LogP contribution in [0, 0.1) is 6.92 Å². The number of carbonyl (C=O) groups excluding carboxylic acids is 1. The highest BCUT2D eigenvalue weighted by atomic mass is 16.4. The minimum Gasteiger partial charge on any atom is -0.480 e. The molecule has 0 radical (unpaired) electrons. The highest BCUT2D eigenvalue weighted by Gasteiger charge is 2.21. The van der Waals surface area contributed by atoms with Crippen molar-refractivity contribution in [1.82, 2.24) is 20.3 Å². The number of para-hydroxylation sites is 1. The summed E-state index contributed by atoms with van der Waals surface area (Å²) in [6.45, 7) is 3.81. The number of hydrogen-bond donors (Lipinski definition) is 2. The molecule has 2 aromatic rings. The molecule has 0 aliphatic heterocycles. The second-order valence-corrected chi connectivity index (χ2v) is 5.65. The van der Waals surface area contributed by atoms with E-state index in [1.807, 2.05) is 44.2 Å². The summed E-state index contributed by atoms with van der Waals surface area (Å²) in [5.74, 6) is -1.37. The van der Waals surface area contributed by atoms with Crippen LogP contribution in [0.2, 0.25) is 0 Å². The van der Waals surface area contributed by atoms with Gasteiger partial charge in [0.25, 0.3) is 0 Å². The Morgan fingerprint density at radius 2 is 2.00 bits per heavy atom. The molecule has 1 atom stereocenters. The van der Waals surface area contributed by atoms with Gasteiger partial charge in [0.2, 0.25) is 5.91 Å². The molecule has 24 heavy (non-hydrogen) atoms. The summed E-state index contributed by atoms with van der Waals surface area (Å²) in [7, 11) is 0. The number of hydrogen-bond acceptors (Lipinski definition) is 4. The molecule has 0 saturated heterocycles. The first-order valence-electron chi connectivity index (χ1n) is 8.01. The van der Waals surface area contributed by atoms with Crippen LogP contribution in [0.3, 0.4) is 0 Å². The summed E-state index contributed by atoms with van der Waals surface area (Å²) < 4.78 is 1.66. The second kappa shape index (κ2) is 8.24. The highest BCUT2D eigenvalue weighted by molar-refractivity contribution is 5.84. The minimum absolute atomic E-state index is 0.00850. The van der Waals surface area contributed by atoms with Gasteiger partial charge in [-0.2, -0.15) is 0 Å². The fourth-order valence-electron chi connectivity index (χ4n) is 2.40. The lowest BCUT2D eigenvalue weighted by molar-refractivity contribution is -0.142. The van der Waals surface area contributed by atoms with Crippen molar-refractivity contribution >= 4 is 11.9 Å². The van der Waals surface area contributed by atoms with Gasteiger partial charge in [-0.3, -0.25) is 4.79 Å². The largest absolute Gasteiger partial charge is 0.480 e. The molecule has 128 valence electrons. The van der Waals surface area contributed by atoms with Crippen LogP contribution >= 0.6 is 0 Å². The average Bonchev–Trinajstić information content (AvgIpc) is 2.92. The summed E-state index contributed by atoms with van der Waals surface area (Å²) in [6.07, 6.45) is 2.06. The number of nitrogens with zero attached hydrogens (tertiary/aromatic N) is 3. The van der Waals surface area contributed by atoms with Crippen molar-refractivity contribution < 1.29 is 14.7 Å². The number of benzene rings is 1. The molecule has 0 fully saturated rings. The van der Waals surface area contributed by atoms with E-state index in [4.69, 9.17) is 0 Å². The predicted octanol–water partition coefficient (Wildman–Crippen LogP) is 1.88. The van der Waals surface area contributed by atoms with Crippen molar-refractivity contribution in [3.63, 3.8) is 0 Å². The Morgan fingerprint density at radius 1 is 1.29 bits per heavy atom. The van der Waals surface area contributed by atoms with Gasteiger partial charge in [-0.25, -0.2) is 9.48 Å². The first-order chi connectivity index (χ1) is 11.5. The van der Waals surface area contributed by atoms with E-state index in [9.17, 15) is 14.7 Å². The lowest BCUT2D eigenvalue weighted by Gasteiger charge is -2.13. The number of aromatic nitrogens is 3. The highest BCUT2D eigenvalue weighted by Crippen LogP contribution is 2.12. The number of unbranched alkanes of at least 4 members (excludes halogenated alkanes) is 1. The van der Waals surface area contributed by atoms with Crippen molar-refractivity contribution in [2.45, 2.75) is 45.6 Å². The third-order valence-electron chi connectivity index (χ3n) is 3.80. The van der Waals surface area contributed by atoms with Gasteiger partial charge < -0.3 is 10.4 Å². The van der Waals surface area contributed by atoms with Gasteiger partial charge in [0.15, 0.2) is 0 Å². The average molecular weight is 330 g/mol. The number of amides is 1. The van der Waals surface area contributed by atoms with Crippen LogP contribution in [-0.2, 0) is 16.0 Å². The Morgan fingerprint density at radius 3 is 2.62 bits per heavy atom. The molecular formula is C17H22N4O3. The molecule has 1 heterocycles. The van der Waals surface area contributed by atoms with E-state index in [0.717, 1.165) is 24.2 Å². The zero-order valence-corrected chi connectivity index (χ0v) is 13.9. The molecule has 0 bridgehead atoms. The lowest BCUT2D eigenvalue weighted by Crippen LogP contribution is -2.41. The first kappa shape index (κ1) is 17.7. The zero-order valence-electron chi connectivity index (χ0n) is 13.9. The molecule has 7 nitrogen and oxygen atoms in total. The van der Waals surface area contributed by atoms with Crippen molar-refractivity contribution in [2.75, 3.05) is 0 Å². The SMILES string of the molecule is CCCCC(NC(=O)Cc1nnn(-c2ccccc2)c1C)C(=O)O. The molecule has 0 aliphatic carbocycles. The van der Waals surface area contributed by atoms with Crippen molar-refractivity contribution in [2.24, 2.45) is 0 Å². The van der Waals surface area contributed by atoms with Crippen LogP contribution in [-0.4, -0.2) is 38.0 Å². The van der Waals surface area contributed by atoms with Crippen LogP contribution in [0.4, 0.5) is 0 Å². The molecule has 0 spiro atoms. The number of carbonyl (C=O) groups is 2. The maximum absolute atomic E-state index is 12.1. The number of carboxylic acids is 1.